The summed E-state index contributed by atoms with van der Waals surface area (Å²) in [5.74, 6) is 0.356. The third-order valence-corrected chi connectivity index (χ3v) is 2.25. The Hall–Kier alpha value is -1.58. The average Bonchev–Trinajstić information content (AvgIpc) is 2.18. The summed E-state index contributed by atoms with van der Waals surface area (Å²) in [7, 11) is 0. The fourth-order valence-corrected chi connectivity index (χ4v) is 1.48. The lowest BCUT2D eigenvalue weighted by molar-refractivity contribution is 0.790. The van der Waals surface area contributed by atoms with Crippen molar-refractivity contribution in [1.82, 2.24) is 20.4 Å². The summed E-state index contributed by atoms with van der Waals surface area (Å²) in [5, 5.41) is 18.1. The van der Waals surface area contributed by atoms with E-state index in [9.17, 15) is 0 Å². The molecule has 72 valence electrons. The van der Waals surface area contributed by atoms with E-state index in [2.05, 4.69) is 34.2 Å². The van der Waals surface area contributed by atoms with E-state index in [1.165, 1.54) is 0 Å². The summed E-state index contributed by atoms with van der Waals surface area (Å²) >= 11 is 0. The highest BCUT2D eigenvalue weighted by molar-refractivity contribution is 5.84. The highest BCUT2D eigenvalue weighted by Crippen LogP contribution is 2.22. The molecule has 0 amide bonds. The minimum absolute atomic E-state index is 0.356. The number of aromatic nitrogens is 4. The van der Waals surface area contributed by atoms with E-state index in [1.807, 2.05) is 6.92 Å². The van der Waals surface area contributed by atoms with Crippen molar-refractivity contribution in [2.75, 3.05) is 0 Å². The molecule has 0 N–H and O–H groups in total. The second-order valence-corrected chi connectivity index (χ2v) is 3.64. The van der Waals surface area contributed by atoms with E-state index in [4.69, 9.17) is 0 Å². The standard InChI is InChI=1S/C10H12N4/c1-6(2)10-9-5-12-11-4-8(9)7(3)13-14-10/h4-6H,1-3H3. The molecule has 2 aromatic heterocycles. The lowest BCUT2D eigenvalue weighted by Crippen LogP contribution is -2.00. The summed E-state index contributed by atoms with van der Waals surface area (Å²) < 4.78 is 0. The van der Waals surface area contributed by atoms with Crippen LogP contribution in [0.5, 0.6) is 0 Å². The van der Waals surface area contributed by atoms with Gasteiger partial charge in [0.25, 0.3) is 0 Å². The van der Waals surface area contributed by atoms with Crippen LogP contribution < -0.4 is 0 Å². The van der Waals surface area contributed by atoms with Crippen LogP contribution in [0.4, 0.5) is 0 Å². The summed E-state index contributed by atoms with van der Waals surface area (Å²) in [4.78, 5) is 0. The van der Waals surface area contributed by atoms with Gasteiger partial charge in [-0.25, -0.2) is 0 Å². The lowest BCUT2D eigenvalue weighted by Gasteiger charge is -2.07. The number of hydrogen-bond acceptors (Lipinski definition) is 4. The molecule has 0 radical (unpaired) electrons. The number of nitrogens with zero attached hydrogens (tertiary/aromatic N) is 4. The predicted octanol–water partition coefficient (Wildman–Crippen LogP) is 1.85. The van der Waals surface area contributed by atoms with E-state index in [1.54, 1.807) is 12.4 Å². The fourth-order valence-electron chi connectivity index (χ4n) is 1.48. The molecule has 4 nitrogen and oxygen atoms in total. The van der Waals surface area contributed by atoms with Crippen LogP contribution in [0.15, 0.2) is 12.4 Å². The summed E-state index contributed by atoms with van der Waals surface area (Å²) in [6.07, 6.45) is 3.50. The predicted molar refractivity (Wildman–Crippen MR) is 54.0 cm³/mol. The van der Waals surface area contributed by atoms with Crippen molar-refractivity contribution in [3.05, 3.63) is 23.8 Å². The lowest BCUT2D eigenvalue weighted by atomic mass is 10.0. The van der Waals surface area contributed by atoms with Gasteiger partial charge in [-0.3, -0.25) is 0 Å². The number of aryl methyl sites for hydroxylation is 1. The van der Waals surface area contributed by atoms with Crippen molar-refractivity contribution >= 4 is 10.8 Å². The van der Waals surface area contributed by atoms with Gasteiger partial charge in [-0.2, -0.15) is 20.4 Å². The van der Waals surface area contributed by atoms with Crippen LogP contribution in [0, 0.1) is 6.92 Å². The Morgan fingerprint density at radius 3 is 2.29 bits per heavy atom. The zero-order valence-corrected chi connectivity index (χ0v) is 8.52. The monoisotopic (exact) mass is 188 g/mol. The molecule has 0 saturated heterocycles. The average molecular weight is 188 g/mol. The van der Waals surface area contributed by atoms with Gasteiger partial charge in [0.2, 0.25) is 0 Å². The van der Waals surface area contributed by atoms with E-state index in [0.29, 0.717) is 5.92 Å². The first kappa shape index (κ1) is 8.99. The van der Waals surface area contributed by atoms with Crippen LogP contribution in [0.1, 0.15) is 31.2 Å². The summed E-state index contributed by atoms with van der Waals surface area (Å²) in [6.45, 7) is 6.12. The SMILES string of the molecule is Cc1nnc(C(C)C)c2cnncc12. The van der Waals surface area contributed by atoms with Gasteiger partial charge in [0.05, 0.1) is 23.8 Å². The number of hydrogen-bond donors (Lipinski definition) is 0. The van der Waals surface area contributed by atoms with Gasteiger partial charge in [-0.1, -0.05) is 13.8 Å². The van der Waals surface area contributed by atoms with Crippen LogP contribution in [-0.2, 0) is 0 Å². The molecule has 14 heavy (non-hydrogen) atoms. The highest BCUT2D eigenvalue weighted by Gasteiger charge is 2.09. The molecular formula is C10H12N4. The molecule has 0 bridgehead atoms. The molecule has 2 rings (SSSR count). The zero-order chi connectivity index (χ0) is 10.1. The molecule has 0 aliphatic carbocycles. The molecule has 0 aromatic carbocycles. The van der Waals surface area contributed by atoms with Gasteiger partial charge >= 0.3 is 0 Å². The smallest absolute Gasteiger partial charge is 0.0751 e. The van der Waals surface area contributed by atoms with Crippen LogP contribution in [0.3, 0.4) is 0 Å². The third-order valence-electron chi connectivity index (χ3n) is 2.25. The molecular weight excluding hydrogens is 176 g/mol. The maximum atomic E-state index is 4.19. The van der Waals surface area contributed by atoms with Gasteiger partial charge < -0.3 is 0 Å². The topological polar surface area (TPSA) is 51.6 Å². The fraction of sp³-hybridized carbons (Fsp3) is 0.400. The molecule has 2 aromatic rings. The normalized spacial score (nSPS) is 11.1. The molecule has 0 aliphatic heterocycles. The Labute approximate surface area is 82.4 Å². The molecule has 0 fully saturated rings. The summed E-state index contributed by atoms with van der Waals surface area (Å²) in [5.41, 5.74) is 1.89. The van der Waals surface area contributed by atoms with Gasteiger partial charge in [0, 0.05) is 10.8 Å². The Kier molecular flexibility index (Phi) is 2.11. The Morgan fingerprint density at radius 1 is 1.00 bits per heavy atom. The number of fused-ring (bicyclic) bond motifs is 1. The molecule has 0 spiro atoms. The first-order valence-corrected chi connectivity index (χ1v) is 4.63. The van der Waals surface area contributed by atoms with Crippen LogP contribution in [0.2, 0.25) is 0 Å². The third kappa shape index (κ3) is 1.32. The van der Waals surface area contributed by atoms with Crippen LogP contribution >= 0.6 is 0 Å². The van der Waals surface area contributed by atoms with Crippen molar-refractivity contribution in [2.45, 2.75) is 26.7 Å². The first-order valence-electron chi connectivity index (χ1n) is 4.63. The van der Waals surface area contributed by atoms with Gasteiger partial charge in [0.1, 0.15) is 0 Å². The van der Waals surface area contributed by atoms with E-state index in [0.717, 1.165) is 22.2 Å². The number of rotatable bonds is 1. The molecule has 0 aliphatic rings. The molecule has 0 saturated carbocycles. The van der Waals surface area contributed by atoms with Gasteiger partial charge in [0.15, 0.2) is 0 Å². The van der Waals surface area contributed by atoms with Crippen molar-refractivity contribution in [3.63, 3.8) is 0 Å². The second kappa shape index (κ2) is 3.29. The van der Waals surface area contributed by atoms with Crippen LogP contribution in [-0.4, -0.2) is 20.4 Å². The highest BCUT2D eigenvalue weighted by atomic mass is 15.1. The van der Waals surface area contributed by atoms with Gasteiger partial charge in [-0.05, 0) is 12.8 Å². The minimum Gasteiger partial charge on any atom is -0.158 e. The van der Waals surface area contributed by atoms with Crippen molar-refractivity contribution in [2.24, 2.45) is 0 Å². The Morgan fingerprint density at radius 2 is 1.64 bits per heavy atom. The van der Waals surface area contributed by atoms with Crippen molar-refractivity contribution in [1.29, 1.82) is 0 Å². The quantitative estimate of drug-likeness (QED) is 0.685. The molecule has 0 unspecified atom stereocenters. The minimum atomic E-state index is 0.356. The van der Waals surface area contributed by atoms with E-state index < -0.39 is 0 Å². The maximum absolute atomic E-state index is 4.19. The Balaban J connectivity index is 2.82. The van der Waals surface area contributed by atoms with Crippen molar-refractivity contribution in [3.8, 4) is 0 Å². The molecule has 4 heteroatoms. The largest absolute Gasteiger partial charge is 0.158 e. The molecule has 2 heterocycles. The first-order chi connectivity index (χ1) is 6.70. The van der Waals surface area contributed by atoms with Crippen molar-refractivity contribution < 1.29 is 0 Å². The van der Waals surface area contributed by atoms with E-state index in [-0.39, 0.29) is 0 Å². The maximum Gasteiger partial charge on any atom is 0.0751 e. The zero-order valence-electron chi connectivity index (χ0n) is 8.52. The molecule has 0 atom stereocenters. The Bertz CT molecular complexity index is 465. The second-order valence-electron chi connectivity index (χ2n) is 3.64. The summed E-state index contributed by atoms with van der Waals surface area (Å²) in [6, 6.07) is 0. The van der Waals surface area contributed by atoms with E-state index >= 15 is 0 Å². The van der Waals surface area contributed by atoms with Gasteiger partial charge in [-0.15, -0.1) is 0 Å². The van der Waals surface area contributed by atoms with Crippen LogP contribution in [0.25, 0.3) is 10.8 Å².